The van der Waals surface area contributed by atoms with Crippen LogP contribution in [0.3, 0.4) is 0 Å². The normalized spacial score (nSPS) is 27.2. The van der Waals surface area contributed by atoms with Gasteiger partial charge in [-0.1, -0.05) is 0 Å². The minimum Gasteiger partial charge on any atom is -0.384 e. The lowest BCUT2D eigenvalue weighted by molar-refractivity contribution is 0.00578. The average Bonchev–Trinajstić information content (AvgIpc) is 2.36. The highest BCUT2D eigenvalue weighted by Gasteiger charge is 2.53. The second-order valence-corrected chi connectivity index (χ2v) is 5.19. The molecule has 0 atom stereocenters. The minimum absolute atomic E-state index is 0.183. The van der Waals surface area contributed by atoms with Gasteiger partial charge < -0.3 is 14.1 Å². The SMILES string of the molecule is CC1(C)OB(N2C=CC=C(F)C2)OC1(C)C. The third-order valence-electron chi connectivity index (χ3n) is 3.40. The van der Waals surface area contributed by atoms with Crippen LogP contribution in [0, 0.1) is 0 Å². The highest BCUT2D eigenvalue weighted by molar-refractivity contribution is 6.42. The van der Waals surface area contributed by atoms with E-state index >= 15 is 0 Å². The van der Waals surface area contributed by atoms with E-state index < -0.39 is 7.25 Å². The van der Waals surface area contributed by atoms with E-state index in [4.69, 9.17) is 9.31 Å². The number of allylic oxidation sites excluding steroid dienone is 2. The monoisotopic (exact) mass is 225 g/mol. The van der Waals surface area contributed by atoms with Gasteiger partial charge in [-0.25, -0.2) is 4.39 Å². The van der Waals surface area contributed by atoms with Gasteiger partial charge in [0, 0.05) is 0 Å². The van der Waals surface area contributed by atoms with Crippen LogP contribution < -0.4 is 0 Å². The van der Waals surface area contributed by atoms with Crippen molar-refractivity contribution in [3.8, 4) is 0 Å². The van der Waals surface area contributed by atoms with Crippen molar-refractivity contribution in [2.24, 2.45) is 0 Å². The van der Waals surface area contributed by atoms with Gasteiger partial charge in [-0.3, -0.25) is 0 Å². The van der Waals surface area contributed by atoms with Gasteiger partial charge in [0.2, 0.25) is 0 Å². The summed E-state index contributed by atoms with van der Waals surface area (Å²) >= 11 is 0. The molecular weight excluding hydrogens is 208 g/mol. The number of nitrogens with zero attached hydrogens (tertiary/aromatic N) is 1. The van der Waals surface area contributed by atoms with Crippen LogP contribution in [0.2, 0.25) is 0 Å². The predicted molar refractivity (Wildman–Crippen MR) is 61.1 cm³/mol. The van der Waals surface area contributed by atoms with Crippen molar-refractivity contribution in [1.29, 1.82) is 0 Å². The van der Waals surface area contributed by atoms with E-state index in [-0.39, 0.29) is 23.6 Å². The molecule has 0 amide bonds. The Morgan fingerprint density at radius 1 is 1.25 bits per heavy atom. The van der Waals surface area contributed by atoms with Gasteiger partial charge in [0.25, 0.3) is 0 Å². The molecule has 0 aromatic heterocycles. The molecule has 1 saturated heterocycles. The number of halogens is 1. The van der Waals surface area contributed by atoms with Gasteiger partial charge in [0.1, 0.15) is 5.83 Å². The van der Waals surface area contributed by atoms with Gasteiger partial charge in [-0.05, 0) is 46.0 Å². The molecule has 5 heteroatoms. The molecule has 3 nitrogen and oxygen atoms in total. The molecule has 0 aromatic rings. The molecule has 0 saturated carbocycles. The van der Waals surface area contributed by atoms with Crippen LogP contribution in [0.15, 0.2) is 24.2 Å². The smallest absolute Gasteiger partial charge is 0.384 e. The zero-order valence-corrected chi connectivity index (χ0v) is 10.2. The van der Waals surface area contributed by atoms with Crippen molar-refractivity contribution in [2.75, 3.05) is 6.54 Å². The second-order valence-electron chi connectivity index (χ2n) is 5.19. The lowest BCUT2D eigenvalue weighted by Crippen LogP contribution is -2.41. The molecular formula is C11H17BFNO2. The lowest BCUT2D eigenvalue weighted by Gasteiger charge is -2.32. The van der Waals surface area contributed by atoms with Gasteiger partial charge in [0.05, 0.1) is 17.7 Å². The first-order valence-electron chi connectivity index (χ1n) is 5.46. The van der Waals surface area contributed by atoms with Crippen LogP contribution in [0.1, 0.15) is 27.7 Å². The first-order valence-corrected chi connectivity index (χ1v) is 5.46. The van der Waals surface area contributed by atoms with Crippen molar-refractivity contribution >= 4 is 7.25 Å². The quantitative estimate of drug-likeness (QED) is 0.639. The van der Waals surface area contributed by atoms with Crippen LogP contribution in [-0.4, -0.2) is 29.8 Å². The fourth-order valence-corrected chi connectivity index (χ4v) is 1.63. The molecule has 2 aliphatic rings. The zero-order valence-electron chi connectivity index (χ0n) is 10.2. The molecule has 0 N–H and O–H groups in total. The highest BCUT2D eigenvalue weighted by atomic mass is 19.1. The summed E-state index contributed by atoms with van der Waals surface area (Å²) in [6.07, 6.45) is 4.89. The highest BCUT2D eigenvalue weighted by Crippen LogP contribution is 2.37. The van der Waals surface area contributed by atoms with E-state index in [0.29, 0.717) is 0 Å². The van der Waals surface area contributed by atoms with Crippen LogP contribution in [0.25, 0.3) is 0 Å². The van der Waals surface area contributed by atoms with Crippen LogP contribution in [0.4, 0.5) is 4.39 Å². The molecule has 2 rings (SSSR count). The Morgan fingerprint density at radius 2 is 1.81 bits per heavy atom. The fraction of sp³-hybridized carbons (Fsp3) is 0.636. The Hall–Kier alpha value is -0.805. The maximum Gasteiger partial charge on any atom is 0.594 e. The molecule has 0 aromatic carbocycles. The first-order chi connectivity index (χ1) is 7.32. The molecule has 16 heavy (non-hydrogen) atoms. The van der Waals surface area contributed by atoms with E-state index in [1.807, 2.05) is 27.7 Å². The summed E-state index contributed by atoms with van der Waals surface area (Å²) in [5, 5.41) is 0. The molecule has 0 unspecified atom stereocenters. The Morgan fingerprint density at radius 3 is 2.31 bits per heavy atom. The number of hydrogen-bond acceptors (Lipinski definition) is 3. The van der Waals surface area contributed by atoms with Crippen LogP contribution >= 0.6 is 0 Å². The lowest BCUT2D eigenvalue weighted by atomic mass is 9.90. The van der Waals surface area contributed by atoms with Crippen molar-refractivity contribution < 1.29 is 13.7 Å². The summed E-state index contributed by atoms with van der Waals surface area (Å²) in [5.41, 5.74) is -0.772. The molecule has 0 aliphatic carbocycles. The first kappa shape index (κ1) is 11.7. The molecule has 0 spiro atoms. The third-order valence-corrected chi connectivity index (χ3v) is 3.40. The van der Waals surface area contributed by atoms with E-state index in [2.05, 4.69) is 0 Å². The standard InChI is InChI=1S/C11H17BFNO2/c1-10(2)11(3,4)16-12(15-10)14-7-5-6-9(13)8-14/h5-7H,8H2,1-4H3. The second kappa shape index (κ2) is 3.60. The molecule has 2 aliphatic heterocycles. The zero-order chi connectivity index (χ0) is 12.0. The molecule has 1 fully saturated rings. The van der Waals surface area contributed by atoms with Crippen molar-refractivity contribution in [1.82, 2.24) is 4.81 Å². The minimum atomic E-state index is -0.513. The van der Waals surface area contributed by atoms with E-state index in [9.17, 15) is 4.39 Å². The largest absolute Gasteiger partial charge is 0.594 e. The van der Waals surface area contributed by atoms with Gasteiger partial charge in [-0.2, -0.15) is 0 Å². The predicted octanol–water partition coefficient (Wildman–Crippen LogP) is 2.26. The number of hydrogen-bond donors (Lipinski definition) is 0. The summed E-state index contributed by atoms with van der Waals surface area (Å²) < 4.78 is 24.8. The maximum absolute atomic E-state index is 13.1. The Balaban J connectivity index is 2.10. The van der Waals surface area contributed by atoms with E-state index in [1.54, 1.807) is 17.1 Å². The van der Waals surface area contributed by atoms with Gasteiger partial charge >= 0.3 is 7.25 Å². The van der Waals surface area contributed by atoms with E-state index in [0.717, 1.165) is 0 Å². The average molecular weight is 225 g/mol. The van der Waals surface area contributed by atoms with Crippen LogP contribution in [0.5, 0.6) is 0 Å². The molecule has 2 heterocycles. The summed E-state index contributed by atoms with van der Waals surface area (Å²) in [7, 11) is -0.513. The summed E-state index contributed by atoms with van der Waals surface area (Å²) in [4.78, 5) is 1.71. The fourth-order valence-electron chi connectivity index (χ4n) is 1.63. The van der Waals surface area contributed by atoms with Crippen LogP contribution in [-0.2, 0) is 9.31 Å². The summed E-state index contributed by atoms with van der Waals surface area (Å²) in [6.45, 7) is 8.12. The topological polar surface area (TPSA) is 21.7 Å². The molecule has 0 radical (unpaired) electrons. The van der Waals surface area contributed by atoms with Gasteiger partial charge in [-0.15, -0.1) is 0 Å². The third kappa shape index (κ3) is 1.89. The summed E-state index contributed by atoms with van der Waals surface area (Å²) in [6, 6.07) is 0. The summed E-state index contributed by atoms with van der Waals surface area (Å²) in [5.74, 6) is -0.183. The van der Waals surface area contributed by atoms with Crippen molar-refractivity contribution in [3.63, 3.8) is 0 Å². The Kier molecular flexibility index (Phi) is 2.63. The Labute approximate surface area is 96.1 Å². The number of rotatable bonds is 1. The maximum atomic E-state index is 13.1. The molecule has 0 bridgehead atoms. The van der Waals surface area contributed by atoms with Crippen molar-refractivity contribution in [3.05, 3.63) is 24.2 Å². The van der Waals surface area contributed by atoms with E-state index in [1.165, 1.54) is 6.08 Å². The molecule has 88 valence electrons. The van der Waals surface area contributed by atoms with Gasteiger partial charge in [0.15, 0.2) is 0 Å². The Bertz CT molecular complexity index is 336. The van der Waals surface area contributed by atoms with Crippen molar-refractivity contribution in [2.45, 2.75) is 38.9 Å².